The Morgan fingerprint density at radius 2 is 2.45 bits per heavy atom. The second-order valence-corrected chi connectivity index (χ2v) is 3.98. The Hall–Kier alpha value is -0.310. The van der Waals surface area contributed by atoms with Crippen LogP contribution in [0.25, 0.3) is 0 Å². The standard InChI is InChI=1S/C8H9ClOS/c1-5(2)8(10)6-3-7(9)11-4-6/h3-4,8,10H,1H2,2H3. The van der Waals surface area contributed by atoms with Crippen molar-refractivity contribution in [3.8, 4) is 0 Å². The zero-order valence-corrected chi connectivity index (χ0v) is 7.75. The van der Waals surface area contributed by atoms with Crippen LogP contribution in [-0.2, 0) is 0 Å². The van der Waals surface area contributed by atoms with Gasteiger partial charge in [-0.05, 0) is 29.5 Å². The number of hydrogen-bond donors (Lipinski definition) is 1. The van der Waals surface area contributed by atoms with Crippen LogP contribution in [0.3, 0.4) is 0 Å². The third-order valence-electron chi connectivity index (χ3n) is 1.37. The van der Waals surface area contributed by atoms with Gasteiger partial charge in [0.05, 0.1) is 4.34 Å². The molecule has 1 rings (SSSR count). The smallest absolute Gasteiger partial charge is 0.100 e. The SMILES string of the molecule is C=C(C)C(O)c1csc(Cl)c1. The first-order valence-electron chi connectivity index (χ1n) is 3.18. The topological polar surface area (TPSA) is 20.2 Å². The highest BCUT2D eigenvalue weighted by molar-refractivity contribution is 7.14. The molecule has 0 saturated heterocycles. The van der Waals surface area contributed by atoms with Crippen LogP contribution < -0.4 is 0 Å². The van der Waals surface area contributed by atoms with Crippen molar-refractivity contribution in [2.75, 3.05) is 0 Å². The summed E-state index contributed by atoms with van der Waals surface area (Å²) in [5, 5.41) is 11.3. The average Bonchev–Trinajstić information content (AvgIpc) is 2.34. The summed E-state index contributed by atoms with van der Waals surface area (Å²) >= 11 is 7.10. The van der Waals surface area contributed by atoms with Crippen molar-refractivity contribution in [2.24, 2.45) is 0 Å². The van der Waals surface area contributed by atoms with Gasteiger partial charge in [0.15, 0.2) is 0 Å². The van der Waals surface area contributed by atoms with Gasteiger partial charge in [-0.25, -0.2) is 0 Å². The summed E-state index contributed by atoms with van der Waals surface area (Å²) in [5.41, 5.74) is 1.56. The van der Waals surface area contributed by atoms with E-state index in [0.29, 0.717) is 4.34 Å². The van der Waals surface area contributed by atoms with Crippen molar-refractivity contribution in [3.63, 3.8) is 0 Å². The van der Waals surface area contributed by atoms with E-state index in [1.807, 2.05) is 5.38 Å². The van der Waals surface area contributed by atoms with Crippen molar-refractivity contribution >= 4 is 22.9 Å². The number of aliphatic hydroxyl groups excluding tert-OH is 1. The van der Waals surface area contributed by atoms with Crippen LogP contribution in [0.4, 0.5) is 0 Å². The summed E-state index contributed by atoms with van der Waals surface area (Å²) in [7, 11) is 0. The molecule has 1 unspecified atom stereocenters. The van der Waals surface area contributed by atoms with Crippen LogP contribution in [0, 0.1) is 0 Å². The van der Waals surface area contributed by atoms with E-state index >= 15 is 0 Å². The zero-order valence-electron chi connectivity index (χ0n) is 6.17. The van der Waals surface area contributed by atoms with Crippen LogP contribution in [-0.4, -0.2) is 5.11 Å². The molecule has 0 aliphatic carbocycles. The third kappa shape index (κ3) is 2.06. The molecule has 0 amide bonds. The minimum absolute atomic E-state index is 0.571. The fourth-order valence-electron chi connectivity index (χ4n) is 0.751. The summed E-state index contributed by atoms with van der Waals surface area (Å²) in [6.07, 6.45) is -0.571. The Kier molecular flexibility index (Phi) is 2.71. The first kappa shape index (κ1) is 8.78. The van der Waals surface area contributed by atoms with Gasteiger partial charge in [0.25, 0.3) is 0 Å². The maximum atomic E-state index is 9.46. The molecule has 3 heteroatoms. The predicted molar refractivity (Wildman–Crippen MR) is 49.1 cm³/mol. The average molecular weight is 189 g/mol. The third-order valence-corrected chi connectivity index (χ3v) is 2.48. The van der Waals surface area contributed by atoms with Gasteiger partial charge < -0.3 is 5.11 Å². The highest BCUT2D eigenvalue weighted by Gasteiger charge is 2.08. The molecule has 0 aliphatic rings. The van der Waals surface area contributed by atoms with Crippen LogP contribution >= 0.6 is 22.9 Å². The van der Waals surface area contributed by atoms with Crippen molar-refractivity contribution in [3.05, 3.63) is 33.5 Å². The van der Waals surface area contributed by atoms with Crippen LogP contribution in [0.5, 0.6) is 0 Å². The molecule has 1 aromatic rings. The number of halogens is 1. The molecule has 0 radical (unpaired) electrons. The fourth-order valence-corrected chi connectivity index (χ4v) is 1.66. The van der Waals surface area contributed by atoms with E-state index in [4.69, 9.17) is 11.6 Å². The molecule has 0 aliphatic heterocycles. The molecule has 0 aromatic carbocycles. The summed E-state index contributed by atoms with van der Waals surface area (Å²) in [5.74, 6) is 0. The van der Waals surface area contributed by atoms with Gasteiger partial charge in [0, 0.05) is 0 Å². The molecule has 1 atom stereocenters. The van der Waals surface area contributed by atoms with Crippen molar-refractivity contribution in [1.82, 2.24) is 0 Å². The minimum Gasteiger partial charge on any atom is -0.384 e. The molecule has 60 valence electrons. The summed E-state index contributed by atoms with van der Waals surface area (Å²) < 4.78 is 0.695. The Balaban J connectivity index is 2.84. The number of rotatable bonds is 2. The Morgan fingerprint density at radius 1 is 1.82 bits per heavy atom. The molecule has 0 spiro atoms. The lowest BCUT2D eigenvalue weighted by atomic mass is 10.1. The van der Waals surface area contributed by atoms with Gasteiger partial charge in [-0.1, -0.05) is 18.2 Å². The van der Waals surface area contributed by atoms with E-state index in [-0.39, 0.29) is 0 Å². The largest absolute Gasteiger partial charge is 0.384 e. The lowest BCUT2D eigenvalue weighted by molar-refractivity contribution is 0.217. The molecule has 0 fully saturated rings. The second-order valence-electron chi connectivity index (χ2n) is 2.43. The number of thiophene rings is 1. The predicted octanol–water partition coefficient (Wildman–Crippen LogP) is 3.01. The molecular weight excluding hydrogens is 180 g/mol. The minimum atomic E-state index is -0.571. The monoisotopic (exact) mass is 188 g/mol. The van der Waals surface area contributed by atoms with E-state index < -0.39 is 6.10 Å². The van der Waals surface area contributed by atoms with Crippen LogP contribution in [0.15, 0.2) is 23.6 Å². The van der Waals surface area contributed by atoms with Gasteiger partial charge >= 0.3 is 0 Å². The first-order chi connectivity index (χ1) is 5.11. The Labute approximate surface area is 74.9 Å². The van der Waals surface area contributed by atoms with Crippen molar-refractivity contribution in [2.45, 2.75) is 13.0 Å². The molecule has 1 N–H and O–H groups in total. The van der Waals surface area contributed by atoms with E-state index in [1.54, 1.807) is 13.0 Å². The highest BCUT2D eigenvalue weighted by atomic mass is 35.5. The van der Waals surface area contributed by atoms with Gasteiger partial charge in [-0.3, -0.25) is 0 Å². The highest BCUT2D eigenvalue weighted by Crippen LogP contribution is 2.27. The number of hydrogen-bond acceptors (Lipinski definition) is 2. The quantitative estimate of drug-likeness (QED) is 0.708. The molecule has 0 bridgehead atoms. The molecule has 1 aromatic heterocycles. The molecule has 1 nitrogen and oxygen atoms in total. The van der Waals surface area contributed by atoms with Crippen LogP contribution in [0.1, 0.15) is 18.6 Å². The maximum absolute atomic E-state index is 9.46. The summed E-state index contributed by atoms with van der Waals surface area (Å²) in [6.45, 7) is 5.44. The molecule has 0 saturated carbocycles. The Bertz CT molecular complexity index is 267. The molecular formula is C8H9ClOS. The van der Waals surface area contributed by atoms with Crippen LogP contribution in [0.2, 0.25) is 4.34 Å². The second kappa shape index (κ2) is 3.39. The normalized spacial score (nSPS) is 13.0. The van der Waals surface area contributed by atoms with Crippen molar-refractivity contribution in [1.29, 1.82) is 0 Å². The van der Waals surface area contributed by atoms with E-state index in [1.165, 1.54) is 11.3 Å². The molecule has 11 heavy (non-hydrogen) atoms. The lowest BCUT2D eigenvalue weighted by Gasteiger charge is -2.06. The summed E-state index contributed by atoms with van der Waals surface area (Å²) in [4.78, 5) is 0. The zero-order chi connectivity index (χ0) is 8.43. The maximum Gasteiger partial charge on any atom is 0.100 e. The van der Waals surface area contributed by atoms with Gasteiger partial charge in [-0.15, -0.1) is 11.3 Å². The number of aliphatic hydroxyl groups is 1. The lowest BCUT2D eigenvalue weighted by Crippen LogP contribution is -1.94. The Morgan fingerprint density at radius 3 is 2.82 bits per heavy atom. The van der Waals surface area contributed by atoms with Crippen molar-refractivity contribution < 1.29 is 5.11 Å². The van der Waals surface area contributed by atoms with E-state index in [9.17, 15) is 5.11 Å². The van der Waals surface area contributed by atoms with E-state index in [2.05, 4.69) is 6.58 Å². The van der Waals surface area contributed by atoms with Gasteiger partial charge in [-0.2, -0.15) is 0 Å². The van der Waals surface area contributed by atoms with Gasteiger partial charge in [0.1, 0.15) is 6.10 Å². The summed E-state index contributed by atoms with van der Waals surface area (Å²) in [6, 6.07) is 1.76. The van der Waals surface area contributed by atoms with Gasteiger partial charge in [0.2, 0.25) is 0 Å². The first-order valence-corrected chi connectivity index (χ1v) is 4.44. The fraction of sp³-hybridized carbons (Fsp3) is 0.250. The molecule has 1 heterocycles. The van der Waals surface area contributed by atoms with E-state index in [0.717, 1.165) is 11.1 Å².